The van der Waals surface area contributed by atoms with Crippen molar-refractivity contribution in [1.29, 1.82) is 0 Å². The molecule has 5 heteroatoms. The third kappa shape index (κ3) is 4.92. The van der Waals surface area contributed by atoms with Crippen molar-refractivity contribution in [3.63, 3.8) is 0 Å². The van der Waals surface area contributed by atoms with Gasteiger partial charge in [-0.05, 0) is 71.5 Å². The Morgan fingerprint density at radius 1 is 0.947 bits per heavy atom. The number of aliphatic imine (C=N–C) groups is 1. The zero-order valence-corrected chi connectivity index (χ0v) is 21.9. The van der Waals surface area contributed by atoms with Crippen LogP contribution >= 0.6 is 11.6 Å². The van der Waals surface area contributed by atoms with Gasteiger partial charge in [-0.1, -0.05) is 72.3 Å². The second-order valence-electron chi connectivity index (χ2n) is 9.70. The summed E-state index contributed by atoms with van der Waals surface area (Å²) in [5.74, 6) is 2.32. The summed E-state index contributed by atoms with van der Waals surface area (Å²) in [4.78, 5) is 4.70. The molecule has 1 aliphatic heterocycles. The molecule has 1 aliphatic carbocycles. The molecule has 0 aromatic heterocycles. The van der Waals surface area contributed by atoms with E-state index in [1.54, 1.807) is 7.11 Å². The molecule has 0 saturated heterocycles. The number of hydrogen-bond acceptors (Lipinski definition) is 4. The number of benzene rings is 4. The zero-order chi connectivity index (χ0) is 25.9. The molecule has 3 atom stereocenters. The SMILES string of the molecule is COc1cc(C=Nc2ccc([C@@H]3Nc4ccccc4[C@H]4C=CC[C@H]43)cc2)ccc1OCc1ccccc1Cl. The van der Waals surface area contributed by atoms with Crippen LogP contribution < -0.4 is 14.8 Å². The topological polar surface area (TPSA) is 42.8 Å². The van der Waals surface area contributed by atoms with E-state index in [9.17, 15) is 0 Å². The summed E-state index contributed by atoms with van der Waals surface area (Å²) < 4.78 is 11.5. The number of fused-ring (bicyclic) bond motifs is 3. The average Bonchev–Trinajstić information content (AvgIpc) is 3.46. The predicted octanol–water partition coefficient (Wildman–Crippen LogP) is 8.50. The maximum atomic E-state index is 6.25. The molecule has 0 fully saturated rings. The van der Waals surface area contributed by atoms with E-state index in [1.165, 1.54) is 16.8 Å². The average molecular weight is 521 g/mol. The summed E-state index contributed by atoms with van der Waals surface area (Å²) in [5.41, 5.74) is 6.70. The van der Waals surface area contributed by atoms with E-state index in [0.717, 1.165) is 23.2 Å². The van der Waals surface area contributed by atoms with E-state index in [2.05, 4.69) is 66.0 Å². The molecule has 0 saturated carbocycles. The van der Waals surface area contributed by atoms with Gasteiger partial charge < -0.3 is 14.8 Å². The number of para-hydroxylation sites is 1. The van der Waals surface area contributed by atoms with E-state index in [1.807, 2.05) is 48.7 Å². The number of halogens is 1. The van der Waals surface area contributed by atoms with Gasteiger partial charge in [0.1, 0.15) is 6.61 Å². The van der Waals surface area contributed by atoms with Crippen LogP contribution in [0.2, 0.25) is 5.02 Å². The van der Waals surface area contributed by atoms with E-state index in [-0.39, 0.29) is 6.04 Å². The molecule has 4 aromatic rings. The Bertz CT molecular complexity index is 1500. The Morgan fingerprint density at radius 2 is 1.76 bits per heavy atom. The highest BCUT2D eigenvalue weighted by Crippen LogP contribution is 2.49. The lowest BCUT2D eigenvalue weighted by Crippen LogP contribution is -2.28. The minimum Gasteiger partial charge on any atom is -0.493 e. The standard InChI is InChI=1S/C33H29ClN2O2/c1-37-32-19-22(13-18-31(32)38-21-24-7-2-4-11-29(24)34)20-35-25-16-14-23(15-17-25)33-28-10-6-9-26(28)27-8-3-5-12-30(27)36-33/h2-9,11-20,26,28,33,36H,10,21H2,1H3/t26-,28-,33+/m1/s1. The lowest BCUT2D eigenvalue weighted by molar-refractivity contribution is 0.284. The van der Waals surface area contributed by atoms with Crippen LogP contribution in [0, 0.1) is 5.92 Å². The maximum absolute atomic E-state index is 6.25. The van der Waals surface area contributed by atoms with Crippen LogP contribution in [-0.2, 0) is 6.61 Å². The summed E-state index contributed by atoms with van der Waals surface area (Å²) in [7, 11) is 1.64. The van der Waals surface area contributed by atoms with Crippen molar-refractivity contribution in [1.82, 2.24) is 0 Å². The van der Waals surface area contributed by atoms with Crippen molar-refractivity contribution in [3.8, 4) is 11.5 Å². The van der Waals surface area contributed by atoms with Crippen molar-refractivity contribution in [3.05, 3.63) is 130 Å². The highest BCUT2D eigenvalue weighted by atomic mass is 35.5. The highest BCUT2D eigenvalue weighted by Gasteiger charge is 2.37. The third-order valence-corrected chi connectivity index (χ3v) is 7.78. The van der Waals surface area contributed by atoms with E-state index in [4.69, 9.17) is 26.1 Å². The summed E-state index contributed by atoms with van der Waals surface area (Å²) in [6, 6.07) is 31.0. The Morgan fingerprint density at radius 3 is 2.61 bits per heavy atom. The lowest BCUT2D eigenvalue weighted by Gasteiger charge is -2.37. The number of hydrogen-bond donors (Lipinski definition) is 1. The Labute approximate surface area is 228 Å². The zero-order valence-electron chi connectivity index (χ0n) is 21.2. The van der Waals surface area contributed by atoms with Crippen LogP contribution in [0.1, 0.15) is 40.6 Å². The fourth-order valence-corrected chi connectivity index (χ4v) is 5.64. The second-order valence-corrected chi connectivity index (χ2v) is 10.1. The quantitative estimate of drug-likeness (QED) is 0.196. The fourth-order valence-electron chi connectivity index (χ4n) is 5.45. The molecule has 1 heterocycles. The van der Waals surface area contributed by atoms with Gasteiger partial charge in [-0.15, -0.1) is 0 Å². The molecule has 4 aromatic carbocycles. The largest absolute Gasteiger partial charge is 0.493 e. The van der Waals surface area contributed by atoms with Crippen LogP contribution in [0.3, 0.4) is 0 Å². The number of ether oxygens (including phenoxy) is 2. The summed E-state index contributed by atoms with van der Waals surface area (Å²) in [6.45, 7) is 0.370. The first kappa shape index (κ1) is 24.3. The monoisotopic (exact) mass is 520 g/mol. The molecule has 1 N–H and O–H groups in total. The van der Waals surface area contributed by atoms with Gasteiger partial charge in [-0.25, -0.2) is 0 Å². The number of allylic oxidation sites excluding steroid dienone is 2. The molecule has 0 unspecified atom stereocenters. The van der Waals surface area contributed by atoms with Gasteiger partial charge in [0.25, 0.3) is 0 Å². The van der Waals surface area contributed by atoms with Crippen LogP contribution in [0.4, 0.5) is 11.4 Å². The molecule has 6 rings (SSSR count). The molecule has 0 radical (unpaired) electrons. The molecule has 4 nitrogen and oxygen atoms in total. The molecular formula is C33H29ClN2O2. The van der Waals surface area contributed by atoms with E-state index < -0.39 is 0 Å². The Balaban J connectivity index is 1.15. The molecule has 190 valence electrons. The van der Waals surface area contributed by atoms with Crippen molar-refractivity contribution in [2.45, 2.75) is 25.0 Å². The lowest BCUT2D eigenvalue weighted by atomic mass is 9.77. The van der Waals surface area contributed by atoms with Gasteiger partial charge in [0, 0.05) is 28.4 Å². The first-order chi connectivity index (χ1) is 18.7. The first-order valence-electron chi connectivity index (χ1n) is 12.9. The summed E-state index contributed by atoms with van der Waals surface area (Å²) >= 11 is 6.25. The van der Waals surface area contributed by atoms with E-state index in [0.29, 0.717) is 35.0 Å². The fraction of sp³-hybridized carbons (Fsp3) is 0.182. The first-order valence-corrected chi connectivity index (χ1v) is 13.3. The maximum Gasteiger partial charge on any atom is 0.161 e. The second kappa shape index (κ2) is 10.8. The number of anilines is 1. The van der Waals surface area contributed by atoms with Crippen LogP contribution in [0.5, 0.6) is 11.5 Å². The van der Waals surface area contributed by atoms with E-state index >= 15 is 0 Å². The van der Waals surface area contributed by atoms with Crippen LogP contribution in [-0.4, -0.2) is 13.3 Å². The van der Waals surface area contributed by atoms with Gasteiger partial charge in [0.2, 0.25) is 0 Å². The molecule has 2 aliphatic rings. The normalized spacial score (nSPS) is 19.6. The van der Waals surface area contributed by atoms with Gasteiger partial charge >= 0.3 is 0 Å². The molecular weight excluding hydrogens is 492 g/mol. The molecule has 38 heavy (non-hydrogen) atoms. The van der Waals surface area contributed by atoms with Gasteiger partial charge in [0.15, 0.2) is 11.5 Å². The minimum absolute atomic E-state index is 0.283. The highest BCUT2D eigenvalue weighted by molar-refractivity contribution is 6.31. The Hall–Kier alpha value is -4.02. The minimum atomic E-state index is 0.283. The van der Waals surface area contributed by atoms with Crippen molar-refractivity contribution in [2.75, 3.05) is 12.4 Å². The molecule has 0 spiro atoms. The smallest absolute Gasteiger partial charge is 0.161 e. The molecule has 0 bridgehead atoms. The predicted molar refractivity (Wildman–Crippen MR) is 155 cm³/mol. The van der Waals surface area contributed by atoms with Gasteiger partial charge in [-0.2, -0.15) is 0 Å². The van der Waals surface area contributed by atoms with Gasteiger partial charge in [0.05, 0.1) is 18.8 Å². The Kier molecular flexibility index (Phi) is 6.89. The van der Waals surface area contributed by atoms with Gasteiger partial charge in [-0.3, -0.25) is 4.99 Å². The number of nitrogens with one attached hydrogen (secondary N) is 1. The van der Waals surface area contributed by atoms with Crippen LogP contribution in [0.25, 0.3) is 0 Å². The van der Waals surface area contributed by atoms with Crippen molar-refractivity contribution >= 4 is 29.2 Å². The number of rotatable bonds is 7. The number of methoxy groups -OCH3 is 1. The van der Waals surface area contributed by atoms with Crippen LogP contribution in [0.15, 0.2) is 108 Å². The summed E-state index contributed by atoms with van der Waals surface area (Å²) in [5, 5.41) is 4.48. The molecule has 0 amide bonds. The number of nitrogens with zero attached hydrogens (tertiary/aromatic N) is 1. The van der Waals surface area contributed by atoms with Crippen molar-refractivity contribution in [2.24, 2.45) is 10.9 Å². The third-order valence-electron chi connectivity index (χ3n) is 7.42. The van der Waals surface area contributed by atoms with Crippen molar-refractivity contribution < 1.29 is 9.47 Å². The summed E-state index contributed by atoms with van der Waals surface area (Å²) in [6.07, 6.45) is 7.64.